The molecule has 1 atom stereocenters. The molecule has 0 spiro atoms. The molecule has 1 unspecified atom stereocenters. The van der Waals surface area contributed by atoms with Crippen molar-refractivity contribution in [2.24, 2.45) is 5.92 Å². The van der Waals surface area contributed by atoms with Gasteiger partial charge in [0.25, 0.3) is 0 Å². The van der Waals surface area contributed by atoms with E-state index in [9.17, 15) is 4.79 Å². The quantitative estimate of drug-likeness (QED) is 0.800. The zero-order valence-corrected chi connectivity index (χ0v) is 9.40. The van der Waals surface area contributed by atoms with E-state index in [2.05, 4.69) is 25.2 Å². The van der Waals surface area contributed by atoms with Crippen LogP contribution in [0.4, 0.5) is 5.69 Å². The van der Waals surface area contributed by atoms with Gasteiger partial charge in [0.05, 0.1) is 5.56 Å². The molecule has 1 aliphatic rings. The van der Waals surface area contributed by atoms with E-state index in [1.54, 1.807) is 12.1 Å². The fourth-order valence-corrected chi connectivity index (χ4v) is 1.79. The van der Waals surface area contributed by atoms with Crippen LogP contribution in [0.3, 0.4) is 0 Å². The molecule has 0 fully saturated rings. The lowest BCUT2D eigenvalue weighted by atomic mass is 9.97. The highest BCUT2D eigenvalue weighted by Crippen LogP contribution is 2.26. The summed E-state index contributed by atoms with van der Waals surface area (Å²) in [5, 5.41) is 12.3. The molecule has 0 aromatic heterocycles. The summed E-state index contributed by atoms with van der Waals surface area (Å²) >= 11 is 0. The van der Waals surface area contributed by atoms with E-state index in [-0.39, 0.29) is 0 Å². The number of benzene rings is 1. The summed E-state index contributed by atoms with van der Waals surface area (Å²) in [7, 11) is 0. The first-order chi connectivity index (χ1) is 7.58. The van der Waals surface area contributed by atoms with Gasteiger partial charge in [-0.05, 0) is 29.7 Å². The molecule has 0 saturated carbocycles. The molecule has 3 nitrogen and oxygen atoms in total. The van der Waals surface area contributed by atoms with Gasteiger partial charge in [0.15, 0.2) is 0 Å². The molecule has 16 heavy (non-hydrogen) atoms. The van der Waals surface area contributed by atoms with E-state index >= 15 is 0 Å². The molecule has 84 valence electrons. The maximum atomic E-state index is 10.8. The molecule has 0 radical (unpaired) electrons. The molecule has 1 aromatic rings. The zero-order chi connectivity index (χ0) is 11.7. The van der Waals surface area contributed by atoms with Crippen LogP contribution < -0.4 is 5.32 Å². The number of hydrogen-bond donors (Lipinski definition) is 2. The van der Waals surface area contributed by atoms with Crippen LogP contribution in [0.1, 0.15) is 29.8 Å². The predicted molar refractivity (Wildman–Crippen MR) is 64.7 cm³/mol. The highest BCUT2D eigenvalue weighted by molar-refractivity contribution is 5.90. The lowest BCUT2D eigenvalue weighted by Gasteiger charge is -2.25. The van der Waals surface area contributed by atoms with Crippen molar-refractivity contribution in [3.05, 3.63) is 35.4 Å². The van der Waals surface area contributed by atoms with Crippen LogP contribution >= 0.6 is 0 Å². The van der Waals surface area contributed by atoms with Crippen LogP contribution in [0.15, 0.2) is 24.3 Å². The first kappa shape index (κ1) is 10.7. The van der Waals surface area contributed by atoms with Crippen molar-refractivity contribution in [2.45, 2.75) is 19.9 Å². The van der Waals surface area contributed by atoms with Crippen LogP contribution in [0.5, 0.6) is 0 Å². The molecular weight excluding hydrogens is 202 g/mol. The summed E-state index contributed by atoms with van der Waals surface area (Å²) in [4.78, 5) is 10.8. The fourth-order valence-electron chi connectivity index (χ4n) is 1.79. The van der Waals surface area contributed by atoms with Crippen molar-refractivity contribution in [1.82, 2.24) is 0 Å². The lowest BCUT2D eigenvalue weighted by Crippen LogP contribution is -2.25. The van der Waals surface area contributed by atoms with Gasteiger partial charge in [-0.1, -0.05) is 26.0 Å². The molecule has 0 bridgehead atoms. The van der Waals surface area contributed by atoms with Gasteiger partial charge in [0, 0.05) is 11.7 Å². The Morgan fingerprint density at radius 1 is 1.44 bits per heavy atom. The summed E-state index contributed by atoms with van der Waals surface area (Å²) in [6.07, 6.45) is 4.07. The van der Waals surface area contributed by atoms with E-state index in [1.807, 2.05) is 12.1 Å². The zero-order valence-electron chi connectivity index (χ0n) is 9.40. The first-order valence-corrected chi connectivity index (χ1v) is 5.40. The van der Waals surface area contributed by atoms with E-state index in [0.29, 0.717) is 17.5 Å². The molecule has 0 saturated heterocycles. The van der Waals surface area contributed by atoms with Gasteiger partial charge >= 0.3 is 5.97 Å². The summed E-state index contributed by atoms with van der Waals surface area (Å²) < 4.78 is 0. The molecule has 2 N–H and O–H groups in total. The Morgan fingerprint density at radius 2 is 2.19 bits per heavy atom. The van der Waals surface area contributed by atoms with Gasteiger partial charge in [-0.15, -0.1) is 0 Å². The smallest absolute Gasteiger partial charge is 0.335 e. The second-order valence-electron chi connectivity index (χ2n) is 4.38. The number of carbonyl (C=O) groups is 1. The van der Waals surface area contributed by atoms with Gasteiger partial charge < -0.3 is 10.4 Å². The maximum absolute atomic E-state index is 10.8. The maximum Gasteiger partial charge on any atom is 0.335 e. The second kappa shape index (κ2) is 4.00. The van der Waals surface area contributed by atoms with Gasteiger partial charge in [0.1, 0.15) is 0 Å². The third-order valence-electron chi connectivity index (χ3n) is 2.82. The van der Waals surface area contributed by atoms with Crippen molar-refractivity contribution in [1.29, 1.82) is 0 Å². The monoisotopic (exact) mass is 217 g/mol. The van der Waals surface area contributed by atoms with Crippen molar-refractivity contribution in [3.63, 3.8) is 0 Å². The summed E-state index contributed by atoms with van der Waals surface area (Å²) in [6, 6.07) is 5.48. The van der Waals surface area contributed by atoms with Gasteiger partial charge in [-0.25, -0.2) is 4.79 Å². The Labute approximate surface area is 94.8 Å². The molecule has 1 heterocycles. The Hall–Kier alpha value is -1.77. The number of nitrogens with one attached hydrogen (secondary N) is 1. The van der Waals surface area contributed by atoms with Gasteiger partial charge in [-0.2, -0.15) is 0 Å². The van der Waals surface area contributed by atoms with Crippen LogP contribution in [-0.4, -0.2) is 17.1 Å². The van der Waals surface area contributed by atoms with Crippen molar-refractivity contribution in [3.8, 4) is 0 Å². The molecule has 1 aliphatic heterocycles. The molecule has 0 aliphatic carbocycles. The number of anilines is 1. The minimum Gasteiger partial charge on any atom is -0.478 e. The van der Waals surface area contributed by atoms with Crippen molar-refractivity contribution in [2.75, 3.05) is 5.32 Å². The fraction of sp³-hybridized carbons (Fsp3) is 0.308. The summed E-state index contributed by atoms with van der Waals surface area (Å²) in [5.74, 6) is -0.370. The number of carboxylic acids is 1. The Morgan fingerprint density at radius 3 is 2.81 bits per heavy atom. The molecule has 0 amide bonds. The molecule has 3 heteroatoms. The van der Waals surface area contributed by atoms with Crippen molar-refractivity contribution >= 4 is 17.7 Å². The number of aromatic carboxylic acids is 1. The number of hydrogen-bond acceptors (Lipinski definition) is 2. The van der Waals surface area contributed by atoms with E-state index in [4.69, 9.17) is 5.11 Å². The third-order valence-corrected chi connectivity index (χ3v) is 2.82. The molecule has 1 aromatic carbocycles. The number of fused-ring (bicyclic) bond motifs is 1. The average Bonchev–Trinajstić information content (AvgIpc) is 2.27. The van der Waals surface area contributed by atoms with E-state index < -0.39 is 5.97 Å². The highest BCUT2D eigenvalue weighted by Gasteiger charge is 2.16. The van der Waals surface area contributed by atoms with Crippen LogP contribution in [0, 0.1) is 5.92 Å². The minimum absolute atomic E-state index is 0.322. The third kappa shape index (κ3) is 1.94. The van der Waals surface area contributed by atoms with Crippen molar-refractivity contribution < 1.29 is 9.90 Å². The normalized spacial score (nSPS) is 18.1. The van der Waals surface area contributed by atoms with E-state index in [0.717, 1.165) is 11.3 Å². The van der Waals surface area contributed by atoms with E-state index in [1.165, 1.54) is 0 Å². The van der Waals surface area contributed by atoms with Gasteiger partial charge in [-0.3, -0.25) is 0 Å². The largest absolute Gasteiger partial charge is 0.478 e. The number of carboxylic acid groups (broad SMARTS) is 1. The molecular formula is C13H15NO2. The molecule has 2 rings (SSSR count). The standard InChI is InChI=1S/C13H15NO2/c1-8(2)11-5-3-9-7-10(13(15)16)4-6-12(9)14-11/h3-8,11,14H,1-2H3,(H,15,16). The Balaban J connectivity index is 2.33. The lowest BCUT2D eigenvalue weighted by molar-refractivity contribution is 0.0697. The van der Waals surface area contributed by atoms with Crippen LogP contribution in [0.25, 0.3) is 6.08 Å². The summed E-state index contributed by atoms with van der Waals surface area (Å²) in [5.41, 5.74) is 2.27. The highest BCUT2D eigenvalue weighted by atomic mass is 16.4. The SMILES string of the molecule is CC(C)C1C=Cc2cc(C(=O)O)ccc2N1. The Bertz CT molecular complexity index is 449. The minimum atomic E-state index is -0.887. The summed E-state index contributed by atoms with van der Waals surface area (Å²) in [6.45, 7) is 4.30. The predicted octanol–water partition coefficient (Wildman–Crippen LogP) is 2.85. The second-order valence-corrected chi connectivity index (χ2v) is 4.38. The van der Waals surface area contributed by atoms with Crippen LogP contribution in [-0.2, 0) is 0 Å². The average molecular weight is 217 g/mol. The van der Waals surface area contributed by atoms with Crippen LogP contribution in [0.2, 0.25) is 0 Å². The topological polar surface area (TPSA) is 49.3 Å². The van der Waals surface area contributed by atoms with Gasteiger partial charge in [0.2, 0.25) is 0 Å². The number of rotatable bonds is 2. The first-order valence-electron chi connectivity index (χ1n) is 5.40. The Kier molecular flexibility index (Phi) is 2.69.